The van der Waals surface area contributed by atoms with Gasteiger partial charge in [-0.25, -0.2) is 4.39 Å². The molecule has 0 radical (unpaired) electrons. The van der Waals surface area contributed by atoms with Gasteiger partial charge in [-0.1, -0.05) is 35.3 Å². The maximum Gasteiger partial charge on any atom is 0.232 e. The fourth-order valence-electron chi connectivity index (χ4n) is 2.77. The number of benzene rings is 2. The number of hydrogen-bond acceptors (Lipinski definition) is 3. The molecule has 0 aliphatic rings. The zero-order valence-electron chi connectivity index (χ0n) is 14.3. The van der Waals surface area contributed by atoms with Gasteiger partial charge in [0.1, 0.15) is 5.82 Å². The molecule has 0 aliphatic heterocycles. The van der Waals surface area contributed by atoms with Crippen molar-refractivity contribution >= 4 is 64.6 Å². The number of amides is 1. The molecule has 2 atom stereocenters. The number of nitrogens with one attached hydrogen (secondary N) is 1. The summed E-state index contributed by atoms with van der Waals surface area (Å²) in [6, 6.07) is 9.85. The third kappa shape index (κ3) is 4.83. The van der Waals surface area contributed by atoms with Gasteiger partial charge in [0, 0.05) is 27.6 Å². The third-order valence-corrected chi connectivity index (χ3v) is 6.37. The molecule has 28 heavy (non-hydrogen) atoms. The molecule has 0 bridgehead atoms. The molecule has 4 nitrogen and oxygen atoms in total. The summed E-state index contributed by atoms with van der Waals surface area (Å²) in [6.45, 7) is 0. The van der Waals surface area contributed by atoms with Crippen LogP contribution in [0.4, 0.5) is 4.39 Å². The number of carbonyl (C=O) groups excluding carboxylic acids is 1. The van der Waals surface area contributed by atoms with Crippen molar-refractivity contribution in [3.63, 3.8) is 0 Å². The minimum atomic E-state index is -2.91. The molecular weight excluding hydrogens is 443 g/mol. The van der Waals surface area contributed by atoms with Crippen LogP contribution in [0.25, 0.3) is 16.2 Å². The second-order valence-electron chi connectivity index (χ2n) is 5.97. The van der Waals surface area contributed by atoms with Gasteiger partial charge in [0.15, 0.2) is 8.03 Å². The standard InChI is InChI=1S/C19H15Cl2FNO3PS/c20-12-4-5-17-13(8-12)15(10-28-17)14(9-27(25)26)19(24)23-7-6-11-2-1-3-16(21)18(11)22/h1-8,10,14,27H,9H2,(H,23,24)(H,25,26)/b7-6+. The van der Waals surface area contributed by atoms with Crippen molar-refractivity contribution in [2.24, 2.45) is 0 Å². The van der Waals surface area contributed by atoms with Gasteiger partial charge < -0.3 is 10.2 Å². The number of fused-ring (bicyclic) bond motifs is 1. The van der Waals surface area contributed by atoms with Crippen LogP contribution in [0.1, 0.15) is 17.0 Å². The van der Waals surface area contributed by atoms with Gasteiger partial charge in [-0.15, -0.1) is 11.3 Å². The van der Waals surface area contributed by atoms with Crippen molar-refractivity contribution in [2.45, 2.75) is 5.92 Å². The summed E-state index contributed by atoms with van der Waals surface area (Å²) in [7, 11) is -2.91. The molecule has 3 rings (SSSR count). The first kappa shape index (κ1) is 21.0. The molecule has 0 saturated carbocycles. The Hall–Kier alpha value is -1.69. The van der Waals surface area contributed by atoms with Crippen molar-refractivity contribution in [2.75, 3.05) is 6.16 Å². The topological polar surface area (TPSA) is 66.4 Å². The highest BCUT2D eigenvalue weighted by atomic mass is 35.5. The monoisotopic (exact) mass is 457 g/mol. The highest BCUT2D eigenvalue weighted by Crippen LogP contribution is 2.36. The van der Waals surface area contributed by atoms with E-state index in [2.05, 4.69) is 5.32 Å². The average molecular weight is 458 g/mol. The van der Waals surface area contributed by atoms with Crippen molar-refractivity contribution in [1.29, 1.82) is 0 Å². The fraction of sp³-hybridized carbons (Fsp3) is 0.105. The summed E-state index contributed by atoms with van der Waals surface area (Å²) in [5.41, 5.74) is 0.850. The molecule has 1 aromatic heterocycles. The molecule has 0 aliphatic carbocycles. The van der Waals surface area contributed by atoms with E-state index in [1.165, 1.54) is 35.7 Å². The number of halogens is 3. The average Bonchev–Trinajstić information content (AvgIpc) is 3.05. The molecule has 3 aromatic rings. The van der Waals surface area contributed by atoms with Gasteiger partial charge in [-0.2, -0.15) is 0 Å². The highest BCUT2D eigenvalue weighted by Gasteiger charge is 2.25. The predicted octanol–water partition coefficient (Wildman–Crippen LogP) is 5.68. The van der Waals surface area contributed by atoms with E-state index in [-0.39, 0.29) is 16.7 Å². The van der Waals surface area contributed by atoms with E-state index in [0.717, 1.165) is 10.1 Å². The lowest BCUT2D eigenvalue weighted by Gasteiger charge is -2.14. The second kappa shape index (κ2) is 9.21. The third-order valence-electron chi connectivity index (χ3n) is 4.11. The smallest absolute Gasteiger partial charge is 0.232 e. The van der Waals surface area contributed by atoms with E-state index in [9.17, 15) is 18.6 Å². The minimum absolute atomic E-state index is 0.0214. The maximum absolute atomic E-state index is 13.9. The van der Waals surface area contributed by atoms with Crippen molar-refractivity contribution in [3.05, 3.63) is 75.0 Å². The first-order chi connectivity index (χ1) is 13.4. The van der Waals surface area contributed by atoms with Crippen LogP contribution in [-0.2, 0) is 9.36 Å². The molecule has 2 unspecified atom stereocenters. The quantitative estimate of drug-likeness (QED) is 0.467. The summed E-state index contributed by atoms with van der Waals surface area (Å²) in [5.74, 6) is -1.90. The second-order valence-corrected chi connectivity index (χ2v) is 8.92. The molecule has 1 amide bonds. The van der Waals surface area contributed by atoms with Crippen LogP contribution in [0.3, 0.4) is 0 Å². The molecule has 9 heteroatoms. The van der Waals surface area contributed by atoms with Crippen molar-refractivity contribution < 1.29 is 18.6 Å². The van der Waals surface area contributed by atoms with Crippen LogP contribution in [0, 0.1) is 5.82 Å². The highest BCUT2D eigenvalue weighted by molar-refractivity contribution is 7.38. The summed E-state index contributed by atoms with van der Waals surface area (Å²) in [4.78, 5) is 22.1. The zero-order valence-corrected chi connectivity index (χ0v) is 17.6. The molecule has 0 fully saturated rings. The SMILES string of the molecule is O=C(N/C=C/c1cccc(Cl)c1F)C(C[PH](=O)O)c1csc2ccc(Cl)cc12. The lowest BCUT2D eigenvalue weighted by molar-refractivity contribution is -0.121. The lowest BCUT2D eigenvalue weighted by Crippen LogP contribution is -2.26. The Balaban J connectivity index is 1.86. The lowest BCUT2D eigenvalue weighted by atomic mass is 9.99. The number of carbonyl (C=O) groups is 1. The first-order valence-corrected chi connectivity index (χ1v) is 11.4. The molecule has 0 saturated heterocycles. The predicted molar refractivity (Wildman–Crippen MR) is 114 cm³/mol. The van der Waals surface area contributed by atoms with Crippen LogP contribution < -0.4 is 5.32 Å². The van der Waals surface area contributed by atoms with Crippen LogP contribution in [-0.4, -0.2) is 17.0 Å². The Bertz CT molecular complexity index is 1090. The van der Waals surface area contributed by atoms with Gasteiger partial charge in [0.05, 0.1) is 10.9 Å². The summed E-state index contributed by atoms with van der Waals surface area (Å²) in [5, 5.41) is 5.61. The fourth-order valence-corrected chi connectivity index (χ4v) is 4.88. The van der Waals surface area contributed by atoms with Crippen molar-refractivity contribution in [1.82, 2.24) is 5.32 Å². The van der Waals surface area contributed by atoms with E-state index >= 15 is 0 Å². The largest absolute Gasteiger partial charge is 0.346 e. The van der Waals surface area contributed by atoms with Gasteiger partial charge >= 0.3 is 0 Å². The van der Waals surface area contributed by atoms with E-state index in [1.54, 1.807) is 23.6 Å². The Kier molecular flexibility index (Phi) is 6.91. The molecule has 0 spiro atoms. The van der Waals surface area contributed by atoms with E-state index in [0.29, 0.717) is 10.6 Å². The summed E-state index contributed by atoms with van der Waals surface area (Å²) < 4.78 is 26.3. The Morgan fingerprint density at radius 2 is 2.11 bits per heavy atom. The summed E-state index contributed by atoms with van der Waals surface area (Å²) >= 11 is 13.2. The van der Waals surface area contributed by atoms with E-state index in [1.807, 2.05) is 6.07 Å². The molecule has 2 aromatic carbocycles. The van der Waals surface area contributed by atoms with Crippen LogP contribution in [0.15, 0.2) is 48.0 Å². The Labute approximate surface area is 175 Å². The number of rotatable bonds is 6. The normalized spacial score (nSPS) is 13.7. The van der Waals surface area contributed by atoms with Gasteiger partial charge in [-0.3, -0.25) is 9.36 Å². The van der Waals surface area contributed by atoms with Gasteiger partial charge in [0.2, 0.25) is 5.91 Å². The minimum Gasteiger partial charge on any atom is -0.346 e. The maximum atomic E-state index is 13.9. The molecule has 146 valence electrons. The van der Waals surface area contributed by atoms with Gasteiger partial charge in [-0.05, 0) is 46.7 Å². The van der Waals surface area contributed by atoms with Crippen LogP contribution in [0.2, 0.25) is 10.0 Å². The van der Waals surface area contributed by atoms with Gasteiger partial charge in [0.25, 0.3) is 0 Å². The zero-order chi connectivity index (χ0) is 20.3. The number of thiophene rings is 1. The van der Waals surface area contributed by atoms with E-state index < -0.39 is 25.7 Å². The molecule has 1 heterocycles. The first-order valence-electron chi connectivity index (χ1n) is 8.16. The summed E-state index contributed by atoms with van der Waals surface area (Å²) in [6.07, 6.45) is 2.47. The molecule has 2 N–H and O–H groups in total. The van der Waals surface area contributed by atoms with Crippen molar-refractivity contribution in [3.8, 4) is 0 Å². The molecular formula is C19H15Cl2FNO3PS. The Morgan fingerprint density at radius 3 is 2.86 bits per heavy atom. The van der Waals surface area contributed by atoms with E-state index in [4.69, 9.17) is 23.2 Å². The Morgan fingerprint density at radius 1 is 1.32 bits per heavy atom. The van der Waals surface area contributed by atoms with Crippen LogP contribution >= 0.6 is 42.6 Å². The van der Waals surface area contributed by atoms with Crippen LogP contribution in [0.5, 0.6) is 0 Å². The number of hydrogen-bond donors (Lipinski definition) is 2.